The lowest BCUT2D eigenvalue weighted by molar-refractivity contribution is -0.142. The second-order valence-electron chi connectivity index (χ2n) is 8.60. The number of nitrogens with one attached hydrogen (secondary N) is 1. The first-order valence-corrected chi connectivity index (χ1v) is 9.88. The van der Waals surface area contributed by atoms with Crippen LogP contribution in [-0.4, -0.2) is 39.6 Å². The van der Waals surface area contributed by atoms with E-state index in [1.165, 1.54) is 32.9 Å². The lowest BCUT2D eigenvalue weighted by atomic mass is 9.81. The lowest BCUT2D eigenvalue weighted by Gasteiger charge is -2.30. The number of aromatic amines is 1. The number of benzene rings is 1. The van der Waals surface area contributed by atoms with Gasteiger partial charge in [-0.2, -0.15) is 18.3 Å². The summed E-state index contributed by atoms with van der Waals surface area (Å²) >= 11 is 0. The van der Waals surface area contributed by atoms with Gasteiger partial charge in [0.05, 0.1) is 6.10 Å². The van der Waals surface area contributed by atoms with Crippen molar-refractivity contribution in [3.05, 3.63) is 58.3 Å². The molecule has 1 N–H and O–H groups in total. The van der Waals surface area contributed by atoms with E-state index in [1.54, 1.807) is 13.8 Å². The lowest BCUT2D eigenvalue weighted by Crippen LogP contribution is -2.38. The predicted octanol–water partition coefficient (Wildman–Crippen LogP) is 4.60. The maximum atomic E-state index is 13.7. The van der Waals surface area contributed by atoms with Crippen LogP contribution in [0.5, 0.6) is 0 Å². The maximum absolute atomic E-state index is 13.7. The number of rotatable bonds is 3. The summed E-state index contributed by atoms with van der Waals surface area (Å²) in [5.74, 6) is -2.00. The zero-order chi connectivity index (χ0) is 24.0. The van der Waals surface area contributed by atoms with Crippen LogP contribution in [0, 0.1) is 12.7 Å². The molecule has 1 aliphatic rings. The third-order valence-electron chi connectivity index (χ3n) is 5.06. The van der Waals surface area contributed by atoms with Gasteiger partial charge in [-0.3, -0.25) is 9.89 Å². The van der Waals surface area contributed by atoms with Crippen molar-refractivity contribution < 1.29 is 31.9 Å². The molecular formula is C22H23F4N3O3. The van der Waals surface area contributed by atoms with Gasteiger partial charge in [0, 0.05) is 29.3 Å². The van der Waals surface area contributed by atoms with Gasteiger partial charge in [-0.1, -0.05) is 13.8 Å². The van der Waals surface area contributed by atoms with Gasteiger partial charge in [-0.05, 0) is 44.5 Å². The third-order valence-corrected chi connectivity index (χ3v) is 5.06. The number of hydrogen-bond acceptors (Lipinski definition) is 4. The molecule has 2 aromatic rings. The quantitative estimate of drug-likeness (QED) is 0.544. The highest BCUT2D eigenvalue weighted by molar-refractivity contribution is 6.17. The van der Waals surface area contributed by atoms with E-state index in [9.17, 15) is 27.2 Å². The largest absolute Gasteiger partial charge is 0.459 e. The Morgan fingerprint density at radius 2 is 1.91 bits per heavy atom. The van der Waals surface area contributed by atoms with Crippen LogP contribution in [0.25, 0.3) is 5.57 Å². The first-order valence-electron chi connectivity index (χ1n) is 9.88. The molecule has 172 valence electrons. The molecule has 3 rings (SSSR count). The minimum absolute atomic E-state index is 0.129. The summed E-state index contributed by atoms with van der Waals surface area (Å²) in [6, 6.07) is 3.76. The van der Waals surface area contributed by atoms with E-state index in [4.69, 9.17) is 4.74 Å². The Kier molecular flexibility index (Phi) is 5.92. The number of fused-ring (bicyclic) bond motifs is 1. The van der Waals surface area contributed by atoms with Crippen molar-refractivity contribution in [3.8, 4) is 0 Å². The van der Waals surface area contributed by atoms with Crippen molar-refractivity contribution in [2.24, 2.45) is 0 Å². The van der Waals surface area contributed by atoms with Crippen LogP contribution in [0.4, 0.5) is 17.6 Å². The van der Waals surface area contributed by atoms with E-state index in [2.05, 4.69) is 5.10 Å². The molecule has 1 amide bonds. The molecule has 0 saturated heterocycles. The Morgan fingerprint density at radius 3 is 2.47 bits per heavy atom. The van der Waals surface area contributed by atoms with Crippen molar-refractivity contribution >= 4 is 17.4 Å². The van der Waals surface area contributed by atoms with Crippen molar-refractivity contribution in [1.29, 1.82) is 0 Å². The number of halogens is 4. The predicted molar refractivity (Wildman–Crippen MR) is 108 cm³/mol. The second kappa shape index (κ2) is 8.07. The number of nitrogens with zero attached hydrogens (tertiary/aromatic N) is 2. The number of amides is 1. The van der Waals surface area contributed by atoms with Crippen LogP contribution >= 0.6 is 0 Å². The molecule has 0 aliphatic carbocycles. The number of H-pyrrole nitrogens is 1. The maximum Gasteiger partial charge on any atom is 0.433 e. The van der Waals surface area contributed by atoms with E-state index in [0.717, 1.165) is 17.2 Å². The fourth-order valence-electron chi connectivity index (χ4n) is 3.67. The summed E-state index contributed by atoms with van der Waals surface area (Å²) in [4.78, 5) is 27.1. The van der Waals surface area contributed by atoms with Crippen LogP contribution < -0.4 is 0 Å². The zero-order valence-electron chi connectivity index (χ0n) is 18.2. The molecule has 1 aromatic heterocycles. The molecule has 0 unspecified atom stereocenters. The molecule has 0 saturated carbocycles. The van der Waals surface area contributed by atoms with E-state index < -0.39 is 41.1 Å². The molecule has 0 fully saturated rings. The molecule has 32 heavy (non-hydrogen) atoms. The Morgan fingerprint density at radius 1 is 1.25 bits per heavy atom. The Labute approximate surface area is 182 Å². The van der Waals surface area contributed by atoms with Crippen LogP contribution in [0.2, 0.25) is 0 Å². The van der Waals surface area contributed by atoms with Gasteiger partial charge in [-0.15, -0.1) is 0 Å². The number of carbonyl (C=O) groups excluding carboxylic acids is 2. The van der Waals surface area contributed by atoms with E-state index in [-0.39, 0.29) is 34.5 Å². The van der Waals surface area contributed by atoms with Crippen LogP contribution in [0.3, 0.4) is 0 Å². The van der Waals surface area contributed by atoms with Gasteiger partial charge in [0.25, 0.3) is 5.91 Å². The molecule has 0 bridgehead atoms. The molecule has 1 aliphatic heterocycles. The second-order valence-corrected chi connectivity index (χ2v) is 8.60. The number of carbonyl (C=O) groups is 2. The molecule has 0 atom stereocenters. The summed E-state index contributed by atoms with van der Waals surface area (Å²) < 4.78 is 60.0. The Bertz CT molecular complexity index is 1100. The van der Waals surface area contributed by atoms with E-state index >= 15 is 0 Å². The van der Waals surface area contributed by atoms with Crippen molar-refractivity contribution in [3.63, 3.8) is 0 Å². The zero-order valence-corrected chi connectivity index (χ0v) is 18.2. The van der Waals surface area contributed by atoms with Gasteiger partial charge in [0.1, 0.15) is 22.8 Å². The minimum Gasteiger partial charge on any atom is -0.459 e. The third kappa shape index (κ3) is 4.39. The number of esters is 1. The standard InChI is InChI=1S/C22H23F4N3O3/c1-11(2)32-20(31)14-9-29(19(30)13-6-7-15(23)12(3)8-13)10-21(4,5)16-17(14)27-28-18(16)22(24,25)26/h6-9,11H,10H2,1-5H3,(H,27,28). The molecule has 2 heterocycles. The highest BCUT2D eigenvalue weighted by Crippen LogP contribution is 2.42. The van der Waals surface area contributed by atoms with E-state index in [0.29, 0.717) is 0 Å². The topological polar surface area (TPSA) is 75.3 Å². The molecule has 6 nitrogen and oxygen atoms in total. The molecule has 10 heteroatoms. The average molecular weight is 453 g/mol. The van der Waals surface area contributed by atoms with Crippen LogP contribution in [0.15, 0.2) is 24.4 Å². The number of alkyl halides is 3. The van der Waals surface area contributed by atoms with Gasteiger partial charge in [-0.25, -0.2) is 9.18 Å². The summed E-state index contributed by atoms with van der Waals surface area (Å²) in [6.45, 7) is 7.54. The first kappa shape index (κ1) is 23.5. The molecule has 0 spiro atoms. The fraction of sp³-hybridized carbons (Fsp3) is 0.409. The summed E-state index contributed by atoms with van der Waals surface area (Å²) in [5.41, 5.74) is -2.70. The highest BCUT2D eigenvalue weighted by Gasteiger charge is 2.46. The number of hydrogen-bond donors (Lipinski definition) is 1. The monoisotopic (exact) mass is 453 g/mol. The van der Waals surface area contributed by atoms with Crippen molar-refractivity contribution in [1.82, 2.24) is 15.1 Å². The first-order chi connectivity index (χ1) is 14.7. The summed E-state index contributed by atoms with van der Waals surface area (Å²) in [5, 5.41) is 5.78. The average Bonchev–Trinajstić information content (AvgIpc) is 3.08. The molecule has 0 radical (unpaired) electrons. The highest BCUT2D eigenvalue weighted by atomic mass is 19.4. The molecular weight excluding hydrogens is 430 g/mol. The summed E-state index contributed by atoms with van der Waals surface area (Å²) in [6.07, 6.45) is -4.15. The van der Waals surface area contributed by atoms with Crippen LogP contribution in [-0.2, 0) is 21.1 Å². The van der Waals surface area contributed by atoms with Crippen molar-refractivity contribution in [2.75, 3.05) is 6.54 Å². The Balaban J connectivity index is 2.18. The SMILES string of the molecule is Cc1cc(C(=O)N2C=C(C(=O)OC(C)C)c3n[nH]c(C(F)(F)F)c3C(C)(C)C2)ccc1F. The fourth-order valence-corrected chi connectivity index (χ4v) is 3.67. The number of aromatic nitrogens is 2. The molecule has 1 aromatic carbocycles. The smallest absolute Gasteiger partial charge is 0.433 e. The van der Waals surface area contributed by atoms with Gasteiger partial charge < -0.3 is 9.64 Å². The summed E-state index contributed by atoms with van der Waals surface area (Å²) in [7, 11) is 0. The minimum atomic E-state index is -4.75. The van der Waals surface area contributed by atoms with Gasteiger partial charge >= 0.3 is 12.1 Å². The van der Waals surface area contributed by atoms with Gasteiger partial charge in [0.15, 0.2) is 0 Å². The number of ether oxygens (including phenoxy) is 1. The van der Waals surface area contributed by atoms with Crippen LogP contribution in [0.1, 0.15) is 60.6 Å². The normalized spacial score (nSPS) is 15.8. The Hall–Kier alpha value is -3.17. The van der Waals surface area contributed by atoms with E-state index in [1.807, 2.05) is 5.10 Å². The van der Waals surface area contributed by atoms with Gasteiger partial charge in [0.2, 0.25) is 0 Å². The van der Waals surface area contributed by atoms with Crippen molar-refractivity contribution in [2.45, 2.75) is 52.3 Å². The number of aryl methyl sites for hydroxylation is 1.